The van der Waals surface area contributed by atoms with E-state index in [1.54, 1.807) is 48.1 Å². The van der Waals surface area contributed by atoms with Crippen LogP contribution in [0.25, 0.3) is 5.69 Å². The van der Waals surface area contributed by atoms with E-state index >= 15 is 0 Å². The molecule has 7 heteroatoms. The van der Waals surface area contributed by atoms with Gasteiger partial charge in [-0.1, -0.05) is 6.07 Å². The Hall–Kier alpha value is -3.61. The molecule has 1 fully saturated rings. The minimum Gasteiger partial charge on any atom is -0.497 e. The van der Waals surface area contributed by atoms with Crippen LogP contribution >= 0.6 is 0 Å². The fraction of sp³-hybridized carbons (Fsp3) is 0.227. The van der Waals surface area contributed by atoms with Gasteiger partial charge in [0.25, 0.3) is 5.91 Å². The zero-order valence-corrected chi connectivity index (χ0v) is 16.3. The number of nitrogen functional groups attached to an aromatic ring is 1. The van der Waals surface area contributed by atoms with Crippen LogP contribution in [-0.2, 0) is 0 Å². The second kappa shape index (κ2) is 7.43. The van der Waals surface area contributed by atoms with Crippen LogP contribution < -0.4 is 15.8 Å². The third-order valence-electron chi connectivity index (χ3n) is 5.02. The van der Waals surface area contributed by atoms with Crippen LogP contribution in [-0.4, -0.2) is 34.4 Å². The Labute approximate surface area is 168 Å². The van der Waals surface area contributed by atoms with Crippen LogP contribution in [0.4, 0.5) is 5.82 Å². The Kier molecular flexibility index (Phi) is 4.80. The van der Waals surface area contributed by atoms with E-state index < -0.39 is 0 Å². The quantitative estimate of drug-likeness (QED) is 0.631. The summed E-state index contributed by atoms with van der Waals surface area (Å²) in [5.41, 5.74) is 9.09. The number of anilines is 1. The number of hydrogen-bond acceptors (Lipinski definition) is 5. The van der Waals surface area contributed by atoms with Crippen LogP contribution in [0.5, 0.6) is 5.75 Å². The summed E-state index contributed by atoms with van der Waals surface area (Å²) in [6.45, 7) is 1.92. The van der Waals surface area contributed by atoms with Gasteiger partial charge in [0.1, 0.15) is 17.9 Å². The first kappa shape index (κ1) is 18.7. The lowest BCUT2D eigenvalue weighted by molar-refractivity contribution is 0.0950. The molecule has 1 saturated carbocycles. The molecule has 0 saturated heterocycles. The maximum Gasteiger partial charge on any atom is 0.251 e. The number of carbonyl (C=O) groups is 2. The Morgan fingerprint density at radius 2 is 1.83 bits per heavy atom. The van der Waals surface area contributed by atoms with Crippen molar-refractivity contribution < 1.29 is 14.3 Å². The summed E-state index contributed by atoms with van der Waals surface area (Å²) in [7, 11) is 1.57. The molecule has 1 amide bonds. The van der Waals surface area contributed by atoms with Crippen molar-refractivity contribution in [2.75, 3.05) is 12.8 Å². The molecule has 1 aliphatic rings. The lowest BCUT2D eigenvalue weighted by Crippen LogP contribution is -2.25. The minimum atomic E-state index is -0.274. The highest BCUT2D eigenvalue weighted by atomic mass is 16.5. The number of ether oxygens (including phenoxy) is 1. The SMILES string of the molecule is COc1ccc(C(=O)c2ncn(-c3cc(C(=O)NC4CC4)ccc3C)c2N)cc1. The van der Waals surface area contributed by atoms with Crippen LogP contribution in [0, 0.1) is 6.92 Å². The van der Waals surface area contributed by atoms with E-state index in [2.05, 4.69) is 10.3 Å². The Morgan fingerprint density at radius 3 is 2.48 bits per heavy atom. The fourth-order valence-corrected chi connectivity index (χ4v) is 3.11. The molecule has 7 nitrogen and oxygen atoms in total. The van der Waals surface area contributed by atoms with Gasteiger partial charge in [-0.2, -0.15) is 0 Å². The first-order chi connectivity index (χ1) is 14.0. The van der Waals surface area contributed by atoms with Gasteiger partial charge in [0.05, 0.1) is 12.8 Å². The average molecular weight is 390 g/mol. The summed E-state index contributed by atoms with van der Waals surface area (Å²) in [5, 5.41) is 2.98. The number of rotatable bonds is 6. The molecule has 148 valence electrons. The zero-order valence-electron chi connectivity index (χ0n) is 16.3. The van der Waals surface area contributed by atoms with Crippen molar-refractivity contribution >= 4 is 17.5 Å². The Bertz CT molecular complexity index is 1080. The summed E-state index contributed by atoms with van der Waals surface area (Å²) in [5.74, 6) is 0.511. The molecule has 0 spiro atoms. The number of amides is 1. The molecule has 1 heterocycles. The number of methoxy groups -OCH3 is 1. The number of aromatic nitrogens is 2. The summed E-state index contributed by atoms with van der Waals surface area (Å²) < 4.78 is 6.76. The number of aryl methyl sites for hydroxylation is 1. The first-order valence-corrected chi connectivity index (χ1v) is 9.41. The van der Waals surface area contributed by atoms with E-state index in [1.165, 1.54) is 6.33 Å². The molecule has 1 aromatic heterocycles. The number of nitrogens with two attached hydrogens (primary N) is 1. The van der Waals surface area contributed by atoms with Crippen molar-refractivity contribution in [1.82, 2.24) is 14.9 Å². The molecule has 0 atom stereocenters. The van der Waals surface area contributed by atoms with Gasteiger partial charge < -0.3 is 15.8 Å². The molecule has 3 N–H and O–H groups in total. The Morgan fingerprint density at radius 1 is 1.14 bits per heavy atom. The van der Waals surface area contributed by atoms with Crippen molar-refractivity contribution in [2.24, 2.45) is 0 Å². The number of benzene rings is 2. The summed E-state index contributed by atoms with van der Waals surface area (Å²) >= 11 is 0. The number of ketones is 1. The van der Waals surface area contributed by atoms with Gasteiger partial charge in [0, 0.05) is 17.2 Å². The highest BCUT2D eigenvalue weighted by molar-refractivity contribution is 6.10. The van der Waals surface area contributed by atoms with Crippen LogP contribution in [0.15, 0.2) is 48.8 Å². The molecule has 3 aromatic rings. The van der Waals surface area contributed by atoms with Crippen molar-refractivity contribution in [3.63, 3.8) is 0 Å². The molecule has 0 aliphatic heterocycles. The van der Waals surface area contributed by atoms with Gasteiger partial charge in [-0.05, 0) is 61.7 Å². The van der Waals surface area contributed by atoms with Crippen LogP contribution in [0.1, 0.15) is 44.8 Å². The number of nitrogens with zero attached hydrogens (tertiary/aromatic N) is 2. The fourth-order valence-electron chi connectivity index (χ4n) is 3.11. The van der Waals surface area contributed by atoms with Gasteiger partial charge in [0.2, 0.25) is 5.78 Å². The molecule has 0 radical (unpaired) electrons. The van der Waals surface area contributed by atoms with Crippen molar-refractivity contribution in [3.8, 4) is 11.4 Å². The molecule has 0 bridgehead atoms. The zero-order chi connectivity index (χ0) is 20.5. The van der Waals surface area contributed by atoms with Gasteiger partial charge in [-0.25, -0.2) is 4.98 Å². The lowest BCUT2D eigenvalue weighted by Gasteiger charge is -2.12. The van der Waals surface area contributed by atoms with E-state index in [0.717, 1.165) is 18.4 Å². The summed E-state index contributed by atoms with van der Waals surface area (Å²) in [4.78, 5) is 29.5. The topological polar surface area (TPSA) is 99.2 Å². The molecule has 0 unspecified atom stereocenters. The first-order valence-electron chi connectivity index (χ1n) is 9.41. The smallest absolute Gasteiger partial charge is 0.251 e. The van der Waals surface area contributed by atoms with Gasteiger partial charge >= 0.3 is 0 Å². The Balaban J connectivity index is 1.65. The lowest BCUT2D eigenvalue weighted by atomic mass is 10.1. The van der Waals surface area contributed by atoms with Gasteiger partial charge in [-0.15, -0.1) is 0 Å². The van der Waals surface area contributed by atoms with Gasteiger partial charge in [0.15, 0.2) is 5.69 Å². The number of hydrogen-bond donors (Lipinski definition) is 2. The molecular weight excluding hydrogens is 368 g/mol. The number of nitrogens with one attached hydrogen (secondary N) is 1. The van der Waals surface area contributed by atoms with E-state index in [-0.39, 0.29) is 29.2 Å². The van der Waals surface area contributed by atoms with E-state index in [0.29, 0.717) is 22.6 Å². The normalized spacial score (nSPS) is 13.2. The third-order valence-corrected chi connectivity index (χ3v) is 5.02. The highest BCUT2D eigenvalue weighted by Crippen LogP contribution is 2.25. The second-order valence-electron chi connectivity index (χ2n) is 7.16. The standard InChI is InChI=1S/C22H22N4O3/c1-13-3-4-15(22(28)25-16-7-8-16)11-18(13)26-12-24-19(21(26)23)20(27)14-5-9-17(29-2)10-6-14/h3-6,9-12,16H,7-8,23H2,1-2H3,(H,25,28). The summed E-state index contributed by atoms with van der Waals surface area (Å²) in [6.07, 6.45) is 3.56. The van der Waals surface area contributed by atoms with Crippen LogP contribution in [0.2, 0.25) is 0 Å². The average Bonchev–Trinajstić information content (AvgIpc) is 3.47. The molecule has 4 rings (SSSR count). The second-order valence-corrected chi connectivity index (χ2v) is 7.16. The predicted molar refractivity (Wildman–Crippen MR) is 110 cm³/mol. The molecular formula is C22H22N4O3. The largest absolute Gasteiger partial charge is 0.497 e. The maximum atomic E-state index is 12.8. The maximum absolute atomic E-state index is 12.8. The molecule has 29 heavy (non-hydrogen) atoms. The van der Waals surface area contributed by atoms with Crippen molar-refractivity contribution in [3.05, 3.63) is 71.2 Å². The van der Waals surface area contributed by atoms with Crippen molar-refractivity contribution in [1.29, 1.82) is 0 Å². The molecule has 2 aromatic carbocycles. The van der Waals surface area contributed by atoms with Gasteiger partial charge in [-0.3, -0.25) is 14.2 Å². The number of carbonyl (C=O) groups excluding carboxylic acids is 2. The van der Waals surface area contributed by atoms with E-state index in [1.807, 2.05) is 13.0 Å². The summed E-state index contributed by atoms with van der Waals surface area (Å²) in [6, 6.07) is 12.5. The monoisotopic (exact) mass is 390 g/mol. The minimum absolute atomic E-state index is 0.109. The third kappa shape index (κ3) is 3.71. The van der Waals surface area contributed by atoms with Crippen LogP contribution in [0.3, 0.4) is 0 Å². The predicted octanol–water partition coefficient (Wildman–Crippen LogP) is 2.89. The molecule has 1 aliphatic carbocycles. The van der Waals surface area contributed by atoms with Crippen molar-refractivity contribution in [2.45, 2.75) is 25.8 Å². The van der Waals surface area contributed by atoms with E-state index in [9.17, 15) is 9.59 Å². The van der Waals surface area contributed by atoms with E-state index in [4.69, 9.17) is 10.5 Å². The highest BCUT2D eigenvalue weighted by Gasteiger charge is 2.24. The number of imidazole rings is 1.